The zero-order chi connectivity index (χ0) is 10.4. The Bertz CT molecular complexity index is 363. The Hall–Kier alpha value is -0.830. The fraction of sp³-hybridized carbons (Fsp3) is 0.750. The molecule has 3 nitrogen and oxygen atoms in total. The Kier molecular flexibility index (Phi) is 2.09. The molecule has 82 valence electrons. The van der Waals surface area contributed by atoms with Crippen LogP contribution in [0.3, 0.4) is 0 Å². The molecule has 1 fully saturated rings. The smallest absolute Gasteiger partial charge is 0.108 e. The fourth-order valence-electron chi connectivity index (χ4n) is 2.50. The van der Waals surface area contributed by atoms with Crippen molar-refractivity contribution in [1.82, 2.24) is 9.55 Å². The lowest BCUT2D eigenvalue weighted by Gasteiger charge is -2.26. The van der Waals surface area contributed by atoms with Crippen molar-refractivity contribution in [2.24, 2.45) is 11.7 Å². The molecule has 0 radical (unpaired) electrons. The highest BCUT2D eigenvalue weighted by atomic mass is 15.1. The molecule has 1 aromatic heterocycles. The van der Waals surface area contributed by atoms with Crippen LogP contribution in [0.5, 0.6) is 0 Å². The van der Waals surface area contributed by atoms with Gasteiger partial charge in [0.05, 0.1) is 5.69 Å². The van der Waals surface area contributed by atoms with Crippen molar-refractivity contribution < 1.29 is 0 Å². The van der Waals surface area contributed by atoms with Gasteiger partial charge in [-0.3, -0.25) is 0 Å². The maximum absolute atomic E-state index is 5.97. The number of imidazole rings is 1. The molecule has 3 rings (SSSR count). The third kappa shape index (κ3) is 1.69. The Balaban J connectivity index is 1.82. The summed E-state index contributed by atoms with van der Waals surface area (Å²) >= 11 is 0. The van der Waals surface area contributed by atoms with E-state index in [-0.39, 0.29) is 0 Å². The zero-order valence-corrected chi connectivity index (χ0v) is 9.32. The number of aryl methyl sites for hydroxylation is 1. The van der Waals surface area contributed by atoms with Crippen molar-refractivity contribution in [1.29, 1.82) is 0 Å². The average molecular weight is 205 g/mol. The second-order valence-electron chi connectivity index (χ2n) is 5.17. The quantitative estimate of drug-likeness (QED) is 0.798. The maximum Gasteiger partial charge on any atom is 0.108 e. The lowest BCUT2D eigenvalue weighted by Crippen LogP contribution is -2.33. The van der Waals surface area contributed by atoms with E-state index in [1.165, 1.54) is 30.8 Å². The van der Waals surface area contributed by atoms with Crippen LogP contribution < -0.4 is 5.73 Å². The standard InChI is InChI=1S/C12H19N3/c1-8(13)10-4-5-12-14-11(9-2-3-9)7-15(12)6-10/h7-10H,2-6,13H2,1H3. The van der Waals surface area contributed by atoms with Gasteiger partial charge in [-0.05, 0) is 32.1 Å². The van der Waals surface area contributed by atoms with E-state index in [0.29, 0.717) is 12.0 Å². The normalized spacial score (nSPS) is 27.5. The highest BCUT2D eigenvalue weighted by molar-refractivity contribution is 5.16. The second kappa shape index (κ2) is 3.34. The molecule has 2 N–H and O–H groups in total. The molecule has 0 bridgehead atoms. The maximum atomic E-state index is 5.97. The number of hydrogen-bond acceptors (Lipinski definition) is 2. The van der Waals surface area contributed by atoms with E-state index < -0.39 is 0 Å². The van der Waals surface area contributed by atoms with Crippen molar-refractivity contribution >= 4 is 0 Å². The van der Waals surface area contributed by atoms with Gasteiger partial charge in [0.15, 0.2) is 0 Å². The fourth-order valence-corrected chi connectivity index (χ4v) is 2.50. The molecule has 3 heteroatoms. The van der Waals surface area contributed by atoms with Gasteiger partial charge < -0.3 is 10.3 Å². The third-order valence-electron chi connectivity index (χ3n) is 3.79. The van der Waals surface area contributed by atoms with Gasteiger partial charge in [-0.25, -0.2) is 4.98 Å². The predicted molar refractivity (Wildman–Crippen MR) is 59.7 cm³/mol. The summed E-state index contributed by atoms with van der Waals surface area (Å²) in [5, 5.41) is 0. The Morgan fingerprint density at radius 3 is 2.93 bits per heavy atom. The molecule has 1 aromatic rings. The number of nitrogens with zero attached hydrogens (tertiary/aromatic N) is 2. The van der Waals surface area contributed by atoms with Crippen LogP contribution in [-0.2, 0) is 13.0 Å². The predicted octanol–water partition coefficient (Wildman–Crippen LogP) is 1.67. The summed E-state index contributed by atoms with van der Waals surface area (Å²) in [7, 11) is 0. The van der Waals surface area contributed by atoms with Gasteiger partial charge in [-0.1, -0.05) is 0 Å². The van der Waals surface area contributed by atoms with Crippen LogP contribution in [0.1, 0.15) is 43.6 Å². The molecular weight excluding hydrogens is 186 g/mol. The van der Waals surface area contributed by atoms with Gasteiger partial charge in [0.2, 0.25) is 0 Å². The van der Waals surface area contributed by atoms with E-state index in [2.05, 4.69) is 17.7 Å². The van der Waals surface area contributed by atoms with E-state index in [9.17, 15) is 0 Å². The molecule has 0 aromatic carbocycles. The minimum Gasteiger partial charge on any atom is -0.334 e. The summed E-state index contributed by atoms with van der Waals surface area (Å²) in [6.07, 6.45) is 7.26. The van der Waals surface area contributed by atoms with Crippen LogP contribution in [0.2, 0.25) is 0 Å². The molecule has 2 aliphatic rings. The van der Waals surface area contributed by atoms with Crippen LogP contribution in [0.25, 0.3) is 0 Å². The molecule has 2 heterocycles. The molecule has 1 saturated carbocycles. The number of nitrogens with two attached hydrogens (primary N) is 1. The summed E-state index contributed by atoms with van der Waals surface area (Å²) in [6.45, 7) is 3.20. The van der Waals surface area contributed by atoms with Gasteiger partial charge in [-0.15, -0.1) is 0 Å². The topological polar surface area (TPSA) is 43.8 Å². The summed E-state index contributed by atoms with van der Waals surface area (Å²) in [5.74, 6) is 2.70. The summed E-state index contributed by atoms with van der Waals surface area (Å²) < 4.78 is 2.34. The van der Waals surface area contributed by atoms with E-state index in [4.69, 9.17) is 10.7 Å². The highest BCUT2D eigenvalue weighted by Gasteiger charge is 2.29. The average Bonchev–Trinajstić information content (AvgIpc) is 2.97. The largest absolute Gasteiger partial charge is 0.334 e. The SMILES string of the molecule is CC(N)C1CCc2nc(C3CC3)cn2C1. The molecule has 1 aliphatic heterocycles. The molecule has 2 unspecified atom stereocenters. The van der Waals surface area contributed by atoms with E-state index in [1.54, 1.807) is 0 Å². The van der Waals surface area contributed by atoms with Gasteiger partial charge in [-0.2, -0.15) is 0 Å². The van der Waals surface area contributed by atoms with Crippen molar-refractivity contribution in [3.63, 3.8) is 0 Å². The van der Waals surface area contributed by atoms with Gasteiger partial charge in [0.1, 0.15) is 5.82 Å². The van der Waals surface area contributed by atoms with Gasteiger partial charge >= 0.3 is 0 Å². The molecule has 1 aliphatic carbocycles. The Labute approximate surface area is 90.7 Å². The van der Waals surface area contributed by atoms with Gasteiger partial charge in [0, 0.05) is 31.1 Å². The minimum atomic E-state index is 0.310. The highest BCUT2D eigenvalue weighted by Crippen LogP contribution is 2.40. The van der Waals surface area contributed by atoms with Crippen LogP contribution in [0, 0.1) is 5.92 Å². The minimum absolute atomic E-state index is 0.310. The molecule has 2 atom stereocenters. The van der Waals surface area contributed by atoms with E-state index in [0.717, 1.165) is 18.9 Å². The first-order chi connectivity index (χ1) is 7.24. The first kappa shape index (κ1) is 9.40. The molecular formula is C12H19N3. The van der Waals surface area contributed by atoms with Crippen LogP contribution >= 0.6 is 0 Å². The zero-order valence-electron chi connectivity index (χ0n) is 9.32. The van der Waals surface area contributed by atoms with Crippen LogP contribution in [-0.4, -0.2) is 15.6 Å². The molecule has 0 amide bonds. The third-order valence-corrected chi connectivity index (χ3v) is 3.79. The lowest BCUT2D eigenvalue weighted by atomic mass is 9.93. The number of rotatable bonds is 2. The van der Waals surface area contributed by atoms with Crippen molar-refractivity contribution in [3.05, 3.63) is 17.7 Å². The number of hydrogen-bond donors (Lipinski definition) is 1. The van der Waals surface area contributed by atoms with E-state index >= 15 is 0 Å². The molecule has 15 heavy (non-hydrogen) atoms. The number of fused-ring (bicyclic) bond motifs is 1. The van der Waals surface area contributed by atoms with E-state index in [1.807, 2.05) is 0 Å². The summed E-state index contributed by atoms with van der Waals surface area (Å²) in [6, 6.07) is 0.310. The Morgan fingerprint density at radius 2 is 2.27 bits per heavy atom. The lowest BCUT2D eigenvalue weighted by molar-refractivity contribution is 0.321. The molecule has 0 spiro atoms. The van der Waals surface area contributed by atoms with Crippen LogP contribution in [0.15, 0.2) is 6.20 Å². The van der Waals surface area contributed by atoms with Crippen molar-refractivity contribution in [3.8, 4) is 0 Å². The van der Waals surface area contributed by atoms with Crippen molar-refractivity contribution in [2.75, 3.05) is 0 Å². The van der Waals surface area contributed by atoms with Crippen molar-refractivity contribution in [2.45, 2.75) is 51.1 Å². The van der Waals surface area contributed by atoms with Gasteiger partial charge in [0.25, 0.3) is 0 Å². The second-order valence-corrected chi connectivity index (χ2v) is 5.17. The van der Waals surface area contributed by atoms with Crippen LogP contribution in [0.4, 0.5) is 0 Å². The first-order valence-corrected chi connectivity index (χ1v) is 6.05. The Morgan fingerprint density at radius 1 is 1.47 bits per heavy atom. The molecule has 0 saturated heterocycles. The summed E-state index contributed by atoms with van der Waals surface area (Å²) in [5.41, 5.74) is 7.30. The number of aromatic nitrogens is 2. The first-order valence-electron chi connectivity index (χ1n) is 6.05. The summed E-state index contributed by atoms with van der Waals surface area (Å²) in [4.78, 5) is 4.73. The monoisotopic (exact) mass is 205 g/mol.